The fourth-order valence-electron chi connectivity index (χ4n) is 2.50. The average molecular weight is 482 g/mol. The molecule has 0 bridgehead atoms. The maximum atomic E-state index is 11.6. The molecule has 0 aliphatic carbocycles. The maximum Gasteiger partial charge on any atom is 0.303 e. The van der Waals surface area contributed by atoms with E-state index in [9.17, 15) is 14.4 Å². The second-order valence-corrected chi connectivity index (χ2v) is 8.14. The molecule has 1 saturated heterocycles. The van der Waals surface area contributed by atoms with E-state index in [1.165, 1.54) is 32.5 Å². The van der Waals surface area contributed by atoms with Crippen LogP contribution in [0.2, 0.25) is 5.02 Å². The SMILES string of the molecule is CC(=O)O[C@@H]1[C@@H](OC(C)=O)[C@H](OC(C)=O)CS[C@H]1Oc1cc(Br)ccc1Cl. The van der Waals surface area contributed by atoms with Gasteiger partial charge in [0.25, 0.3) is 0 Å². The zero-order valence-corrected chi connectivity index (χ0v) is 17.9. The number of rotatable bonds is 5. The van der Waals surface area contributed by atoms with E-state index in [0.717, 1.165) is 4.47 Å². The Morgan fingerprint density at radius 3 is 2.22 bits per heavy atom. The molecule has 1 aliphatic rings. The molecule has 0 aromatic heterocycles. The lowest BCUT2D eigenvalue weighted by atomic mass is 10.1. The third-order valence-electron chi connectivity index (χ3n) is 3.44. The monoisotopic (exact) mass is 480 g/mol. The van der Waals surface area contributed by atoms with E-state index in [2.05, 4.69) is 15.9 Å². The molecule has 7 nitrogen and oxygen atoms in total. The predicted molar refractivity (Wildman–Crippen MR) is 103 cm³/mol. The largest absolute Gasteiger partial charge is 0.474 e. The third kappa shape index (κ3) is 6.29. The van der Waals surface area contributed by atoms with Crippen molar-refractivity contribution in [3.8, 4) is 5.75 Å². The lowest BCUT2D eigenvalue weighted by Gasteiger charge is -2.40. The van der Waals surface area contributed by atoms with Gasteiger partial charge in [0.15, 0.2) is 23.7 Å². The first-order valence-electron chi connectivity index (χ1n) is 7.92. The fourth-order valence-corrected chi connectivity index (χ4v) is 4.21. The number of hydrogen-bond acceptors (Lipinski definition) is 8. The number of thioether (sulfide) groups is 1. The van der Waals surface area contributed by atoms with Crippen LogP contribution >= 0.6 is 39.3 Å². The maximum absolute atomic E-state index is 11.6. The van der Waals surface area contributed by atoms with Crippen LogP contribution < -0.4 is 4.74 Å². The molecule has 0 N–H and O–H groups in total. The van der Waals surface area contributed by atoms with E-state index < -0.39 is 41.7 Å². The van der Waals surface area contributed by atoms with Crippen LogP contribution in [0.15, 0.2) is 22.7 Å². The minimum Gasteiger partial charge on any atom is -0.474 e. The summed E-state index contributed by atoms with van der Waals surface area (Å²) in [6.07, 6.45) is -2.78. The van der Waals surface area contributed by atoms with Crippen LogP contribution in [0, 0.1) is 0 Å². The van der Waals surface area contributed by atoms with Crippen molar-refractivity contribution in [1.82, 2.24) is 0 Å². The number of benzene rings is 1. The van der Waals surface area contributed by atoms with E-state index in [1.54, 1.807) is 18.2 Å². The Balaban J connectivity index is 2.32. The van der Waals surface area contributed by atoms with Gasteiger partial charge in [0.1, 0.15) is 5.75 Å². The first kappa shape index (κ1) is 21.8. The zero-order chi connectivity index (χ0) is 20.1. The molecule has 10 heteroatoms. The minimum absolute atomic E-state index is 0.283. The van der Waals surface area contributed by atoms with Crippen LogP contribution in [0.1, 0.15) is 20.8 Å². The minimum atomic E-state index is -1.01. The Hall–Kier alpha value is -1.45. The molecule has 1 aromatic carbocycles. The average Bonchev–Trinajstić information content (AvgIpc) is 2.55. The lowest BCUT2D eigenvalue weighted by molar-refractivity contribution is -0.186. The van der Waals surface area contributed by atoms with Gasteiger partial charge in [-0.1, -0.05) is 27.5 Å². The summed E-state index contributed by atoms with van der Waals surface area (Å²) in [5, 5.41) is 0.367. The molecule has 1 heterocycles. The summed E-state index contributed by atoms with van der Waals surface area (Å²) in [5.74, 6) is -1.07. The second-order valence-electron chi connectivity index (χ2n) is 5.69. The Labute approximate surface area is 174 Å². The predicted octanol–water partition coefficient (Wildman–Crippen LogP) is 3.35. The number of hydrogen-bond donors (Lipinski definition) is 0. The van der Waals surface area contributed by atoms with Crippen LogP contribution in [-0.2, 0) is 28.6 Å². The Morgan fingerprint density at radius 2 is 1.63 bits per heavy atom. The van der Waals surface area contributed by atoms with Crippen molar-refractivity contribution in [2.75, 3.05) is 5.75 Å². The highest BCUT2D eigenvalue weighted by atomic mass is 79.9. The lowest BCUT2D eigenvalue weighted by Crippen LogP contribution is -2.55. The third-order valence-corrected chi connectivity index (χ3v) is 5.46. The summed E-state index contributed by atoms with van der Waals surface area (Å²) in [6.45, 7) is 3.70. The number of esters is 3. The molecular weight excluding hydrogens is 464 g/mol. The zero-order valence-electron chi connectivity index (χ0n) is 14.8. The van der Waals surface area contributed by atoms with Gasteiger partial charge in [-0.05, 0) is 18.2 Å². The second kappa shape index (κ2) is 9.66. The van der Waals surface area contributed by atoms with E-state index in [-0.39, 0.29) is 5.75 Å². The Morgan fingerprint density at radius 1 is 1.04 bits per heavy atom. The molecule has 2 rings (SSSR count). The molecule has 0 amide bonds. The van der Waals surface area contributed by atoms with Crippen LogP contribution in [-0.4, -0.2) is 47.4 Å². The van der Waals surface area contributed by atoms with Crippen molar-refractivity contribution in [2.45, 2.75) is 44.5 Å². The van der Waals surface area contributed by atoms with E-state index >= 15 is 0 Å². The van der Waals surface area contributed by atoms with Gasteiger partial charge in [0, 0.05) is 31.0 Å². The summed E-state index contributed by atoms with van der Waals surface area (Å²) >= 11 is 10.8. The standard InChI is InChI=1S/C17H18BrClO7S/c1-8(20)23-14-7-27-17(26-13-6-11(18)4-5-12(13)19)16(25-10(3)22)15(14)24-9(2)21/h4-6,14-17H,7H2,1-3H3/t14-,15+,16-,17-/m1/s1. The normalized spacial score (nSPS) is 24.6. The van der Waals surface area contributed by atoms with Crippen LogP contribution in [0.5, 0.6) is 5.75 Å². The van der Waals surface area contributed by atoms with Crippen molar-refractivity contribution in [3.05, 3.63) is 27.7 Å². The van der Waals surface area contributed by atoms with E-state index in [0.29, 0.717) is 10.8 Å². The van der Waals surface area contributed by atoms with Crippen molar-refractivity contribution in [1.29, 1.82) is 0 Å². The molecule has 0 unspecified atom stereocenters. The highest BCUT2D eigenvalue weighted by molar-refractivity contribution is 9.10. The topological polar surface area (TPSA) is 88.1 Å². The molecule has 1 aliphatic heterocycles. The molecule has 148 valence electrons. The van der Waals surface area contributed by atoms with Crippen molar-refractivity contribution >= 4 is 57.2 Å². The summed E-state index contributed by atoms with van der Waals surface area (Å²) in [6, 6.07) is 5.08. The van der Waals surface area contributed by atoms with Gasteiger partial charge in [0.2, 0.25) is 0 Å². The Bertz CT molecular complexity index is 729. The fraction of sp³-hybridized carbons (Fsp3) is 0.471. The van der Waals surface area contributed by atoms with Crippen molar-refractivity contribution in [3.63, 3.8) is 0 Å². The summed E-state index contributed by atoms with van der Waals surface area (Å²) in [5.41, 5.74) is -0.725. The highest BCUT2D eigenvalue weighted by Gasteiger charge is 2.47. The van der Waals surface area contributed by atoms with Crippen molar-refractivity contribution < 1.29 is 33.3 Å². The first-order valence-corrected chi connectivity index (χ1v) is 10.1. The molecule has 4 atom stereocenters. The van der Waals surface area contributed by atoms with Crippen LogP contribution in [0.25, 0.3) is 0 Å². The number of halogens is 2. The van der Waals surface area contributed by atoms with Crippen LogP contribution in [0.3, 0.4) is 0 Å². The molecule has 1 aromatic rings. The van der Waals surface area contributed by atoms with E-state index in [1.807, 2.05) is 0 Å². The number of carbonyl (C=O) groups is 3. The van der Waals surface area contributed by atoms with E-state index in [4.69, 9.17) is 30.5 Å². The van der Waals surface area contributed by atoms with Gasteiger partial charge in [-0.3, -0.25) is 14.4 Å². The molecular formula is C17H18BrClO7S. The first-order chi connectivity index (χ1) is 12.7. The smallest absolute Gasteiger partial charge is 0.303 e. The van der Waals surface area contributed by atoms with Gasteiger partial charge < -0.3 is 18.9 Å². The molecule has 0 saturated carbocycles. The number of ether oxygens (including phenoxy) is 4. The van der Waals surface area contributed by atoms with Crippen molar-refractivity contribution in [2.24, 2.45) is 0 Å². The van der Waals surface area contributed by atoms with Gasteiger partial charge >= 0.3 is 17.9 Å². The van der Waals surface area contributed by atoms with Gasteiger partial charge in [-0.2, -0.15) is 0 Å². The van der Waals surface area contributed by atoms with Gasteiger partial charge in [-0.25, -0.2) is 0 Å². The van der Waals surface area contributed by atoms with Gasteiger partial charge in [-0.15, -0.1) is 11.8 Å². The molecule has 1 fully saturated rings. The molecule has 0 spiro atoms. The highest BCUT2D eigenvalue weighted by Crippen LogP contribution is 2.37. The summed E-state index contributed by atoms with van der Waals surface area (Å²) in [7, 11) is 0. The summed E-state index contributed by atoms with van der Waals surface area (Å²) in [4.78, 5) is 34.6. The Kier molecular flexibility index (Phi) is 7.81. The molecule has 0 radical (unpaired) electrons. The van der Waals surface area contributed by atoms with Crippen LogP contribution in [0.4, 0.5) is 0 Å². The summed E-state index contributed by atoms with van der Waals surface area (Å²) < 4.78 is 22.6. The van der Waals surface area contributed by atoms with Gasteiger partial charge in [0.05, 0.1) is 5.02 Å². The quantitative estimate of drug-likeness (QED) is 0.467. The number of carbonyl (C=O) groups excluding carboxylic acids is 3. The molecule has 27 heavy (non-hydrogen) atoms.